The summed E-state index contributed by atoms with van der Waals surface area (Å²) in [6, 6.07) is 48.2. The van der Waals surface area contributed by atoms with Crippen LogP contribution in [-0.4, -0.2) is 23.9 Å². The Balaban J connectivity index is 1.45. The van der Waals surface area contributed by atoms with E-state index in [-0.39, 0.29) is 0 Å². The van der Waals surface area contributed by atoms with Gasteiger partial charge >= 0.3 is 0 Å². The van der Waals surface area contributed by atoms with Gasteiger partial charge in [0.1, 0.15) is 17.0 Å². The lowest BCUT2D eigenvalue weighted by atomic mass is 10.1. The highest BCUT2D eigenvalue weighted by Crippen LogP contribution is 2.38. The minimum Gasteiger partial charge on any atom is -0.289 e. The summed E-state index contributed by atoms with van der Waals surface area (Å²) in [5, 5.41) is 4.66. The molecule has 0 unspecified atom stereocenters. The van der Waals surface area contributed by atoms with Gasteiger partial charge in [0, 0.05) is 33.4 Å². The number of para-hydroxylation sites is 2. The van der Waals surface area contributed by atoms with Gasteiger partial charge in [-0.05, 0) is 17.5 Å². The lowest BCUT2D eigenvalue weighted by Crippen LogP contribution is -2.02. The number of hydrogen-bond donors (Lipinski definition) is 0. The quantitative estimate of drug-likeness (QED) is 0.212. The van der Waals surface area contributed by atoms with Crippen LogP contribution in [-0.2, 0) is 0 Å². The molecule has 5 heteroatoms. The van der Waals surface area contributed by atoms with Gasteiger partial charge in [-0.1, -0.05) is 121 Å². The molecule has 42 heavy (non-hydrogen) atoms. The second kappa shape index (κ2) is 8.85. The van der Waals surface area contributed by atoms with Crippen LogP contribution in [0.25, 0.3) is 77.9 Å². The number of nitrogens with zero attached hydrogens (tertiary/aromatic N) is 5. The van der Waals surface area contributed by atoms with E-state index >= 15 is 0 Å². The summed E-state index contributed by atoms with van der Waals surface area (Å²) in [5.74, 6) is 1.46. The summed E-state index contributed by atoms with van der Waals surface area (Å²) in [5.41, 5.74) is 7.94. The van der Waals surface area contributed by atoms with Crippen LogP contribution < -0.4 is 0 Å². The van der Waals surface area contributed by atoms with Crippen molar-refractivity contribution in [2.24, 2.45) is 0 Å². The third-order valence-electron chi connectivity index (χ3n) is 8.12. The highest BCUT2D eigenvalue weighted by atomic mass is 15.2. The molecule has 0 N–H and O–H groups in total. The molecule has 5 nitrogen and oxygen atoms in total. The second-order valence-corrected chi connectivity index (χ2v) is 10.5. The molecular weight excluding hydrogens is 514 g/mol. The van der Waals surface area contributed by atoms with E-state index in [1.807, 2.05) is 36.4 Å². The molecule has 0 bridgehead atoms. The number of fused-ring (bicyclic) bond motifs is 10. The van der Waals surface area contributed by atoms with E-state index in [4.69, 9.17) is 15.0 Å². The van der Waals surface area contributed by atoms with E-state index < -0.39 is 0 Å². The molecule has 0 aliphatic rings. The van der Waals surface area contributed by atoms with E-state index in [1.54, 1.807) is 0 Å². The molecule has 4 heterocycles. The molecule has 0 spiro atoms. The van der Waals surface area contributed by atoms with Crippen molar-refractivity contribution in [3.63, 3.8) is 0 Å². The lowest BCUT2D eigenvalue weighted by Gasteiger charge is -2.11. The summed E-state index contributed by atoms with van der Waals surface area (Å²) in [4.78, 5) is 15.6. The summed E-state index contributed by atoms with van der Waals surface area (Å²) in [7, 11) is 0. The second-order valence-electron chi connectivity index (χ2n) is 10.5. The Labute approximate surface area is 241 Å². The maximum atomic E-state index is 5.38. The molecule has 0 saturated heterocycles. The predicted molar refractivity (Wildman–Crippen MR) is 171 cm³/mol. The molecule has 0 aliphatic carbocycles. The van der Waals surface area contributed by atoms with Crippen LogP contribution in [0.2, 0.25) is 0 Å². The van der Waals surface area contributed by atoms with E-state index in [0.29, 0.717) is 5.82 Å². The molecule has 9 aromatic rings. The first-order chi connectivity index (χ1) is 20.8. The first-order valence-electron chi connectivity index (χ1n) is 14.1. The number of imidazole rings is 1. The van der Waals surface area contributed by atoms with Crippen molar-refractivity contribution < 1.29 is 0 Å². The third-order valence-corrected chi connectivity index (χ3v) is 8.12. The van der Waals surface area contributed by atoms with E-state index in [1.165, 1.54) is 10.8 Å². The first kappa shape index (κ1) is 22.9. The minimum absolute atomic E-state index is 0.678. The number of aromatic nitrogens is 5. The van der Waals surface area contributed by atoms with Gasteiger partial charge in [-0.3, -0.25) is 8.97 Å². The van der Waals surface area contributed by atoms with Gasteiger partial charge in [0.15, 0.2) is 11.5 Å². The molecule has 0 aliphatic heterocycles. The van der Waals surface area contributed by atoms with Crippen molar-refractivity contribution in [3.8, 4) is 28.5 Å². The lowest BCUT2D eigenvalue weighted by molar-refractivity contribution is 1.04. The van der Waals surface area contributed by atoms with E-state index in [0.717, 1.165) is 61.3 Å². The Kier molecular flexibility index (Phi) is 4.83. The Morgan fingerprint density at radius 1 is 0.429 bits per heavy atom. The van der Waals surface area contributed by atoms with Crippen LogP contribution in [0.5, 0.6) is 0 Å². The van der Waals surface area contributed by atoms with Crippen LogP contribution in [0.1, 0.15) is 0 Å². The standard InChI is InChI=1S/C37H23N5/c1-3-13-24(14-4-1)30-23-33(39-35(38-30)25-15-5-2-6-16-25)41-32-22-12-10-20-29(32)34-37(41)40-36-28-19-8-7-17-26(28)27-18-9-11-21-31(27)42(34)36/h1-23H. The van der Waals surface area contributed by atoms with Crippen LogP contribution >= 0.6 is 0 Å². The Morgan fingerprint density at radius 2 is 1.02 bits per heavy atom. The van der Waals surface area contributed by atoms with Crippen LogP contribution in [0, 0.1) is 0 Å². The van der Waals surface area contributed by atoms with Crippen LogP contribution in [0.15, 0.2) is 140 Å². The summed E-state index contributed by atoms with van der Waals surface area (Å²) in [6.07, 6.45) is 0. The van der Waals surface area contributed by atoms with Gasteiger partial charge in [-0.25, -0.2) is 15.0 Å². The molecular formula is C37H23N5. The fraction of sp³-hybridized carbons (Fsp3) is 0. The third kappa shape index (κ3) is 3.28. The minimum atomic E-state index is 0.678. The zero-order chi connectivity index (χ0) is 27.6. The maximum absolute atomic E-state index is 5.38. The molecule has 0 fully saturated rings. The van der Waals surface area contributed by atoms with Gasteiger partial charge < -0.3 is 0 Å². The average molecular weight is 538 g/mol. The van der Waals surface area contributed by atoms with Crippen molar-refractivity contribution in [2.75, 3.05) is 0 Å². The fourth-order valence-corrected chi connectivity index (χ4v) is 6.27. The highest BCUT2D eigenvalue weighted by Gasteiger charge is 2.22. The maximum Gasteiger partial charge on any atom is 0.166 e. The molecule has 5 aromatic carbocycles. The van der Waals surface area contributed by atoms with Crippen LogP contribution in [0.4, 0.5) is 0 Å². The van der Waals surface area contributed by atoms with Crippen molar-refractivity contribution in [2.45, 2.75) is 0 Å². The molecule has 0 amide bonds. The molecule has 9 rings (SSSR count). The zero-order valence-electron chi connectivity index (χ0n) is 22.5. The first-order valence-corrected chi connectivity index (χ1v) is 14.1. The monoisotopic (exact) mass is 537 g/mol. The van der Waals surface area contributed by atoms with Gasteiger partial charge in [0.25, 0.3) is 0 Å². The van der Waals surface area contributed by atoms with Crippen molar-refractivity contribution in [1.29, 1.82) is 0 Å². The van der Waals surface area contributed by atoms with Crippen molar-refractivity contribution in [3.05, 3.63) is 140 Å². The molecule has 0 saturated carbocycles. The van der Waals surface area contributed by atoms with Gasteiger partial charge in [0.2, 0.25) is 0 Å². The summed E-state index contributed by atoms with van der Waals surface area (Å²) >= 11 is 0. The fourth-order valence-electron chi connectivity index (χ4n) is 6.27. The van der Waals surface area contributed by atoms with Crippen molar-refractivity contribution >= 4 is 49.4 Å². The topological polar surface area (TPSA) is 48.0 Å². The SMILES string of the molecule is c1ccc(-c2cc(-n3c4ccccc4c4c3nc3c5ccccc5c5ccccc5n34)nc(-c3ccccc3)n2)cc1. The predicted octanol–water partition coefficient (Wildman–Crippen LogP) is 8.86. The number of rotatable bonds is 3. The number of benzene rings is 5. The van der Waals surface area contributed by atoms with E-state index in [2.05, 4.69) is 112 Å². The molecule has 0 atom stereocenters. The smallest absolute Gasteiger partial charge is 0.166 e. The summed E-state index contributed by atoms with van der Waals surface area (Å²) in [6.45, 7) is 0. The molecule has 4 aromatic heterocycles. The van der Waals surface area contributed by atoms with Gasteiger partial charge in [-0.2, -0.15) is 0 Å². The Bertz CT molecular complexity index is 2400. The molecule has 0 radical (unpaired) electrons. The molecule has 196 valence electrons. The Morgan fingerprint density at radius 3 is 1.79 bits per heavy atom. The van der Waals surface area contributed by atoms with Crippen LogP contribution in [0.3, 0.4) is 0 Å². The summed E-state index contributed by atoms with van der Waals surface area (Å²) < 4.78 is 4.52. The van der Waals surface area contributed by atoms with Crippen molar-refractivity contribution in [1.82, 2.24) is 23.9 Å². The van der Waals surface area contributed by atoms with E-state index in [9.17, 15) is 0 Å². The number of pyridine rings is 1. The highest BCUT2D eigenvalue weighted by molar-refractivity contribution is 6.17. The van der Waals surface area contributed by atoms with Gasteiger partial charge in [-0.15, -0.1) is 0 Å². The zero-order valence-corrected chi connectivity index (χ0v) is 22.5. The average Bonchev–Trinajstić information content (AvgIpc) is 3.61. The normalized spacial score (nSPS) is 11.8. The largest absolute Gasteiger partial charge is 0.289 e. The Hall–Kier alpha value is -5.81. The number of hydrogen-bond acceptors (Lipinski definition) is 3. The van der Waals surface area contributed by atoms with Gasteiger partial charge in [0.05, 0.1) is 16.7 Å².